The Morgan fingerprint density at radius 3 is 2.58 bits per heavy atom. The van der Waals surface area contributed by atoms with Crippen LogP contribution in [0.4, 0.5) is 8.78 Å². The van der Waals surface area contributed by atoms with E-state index in [-0.39, 0.29) is 10.0 Å². The van der Waals surface area contributed by atoms with Crippen molar-refractivity contribution in [2.24, 2.45) is 5.84 Å². The lowest BCUT2D eigenvalue weighted by Gasteiger charge is -2.18. The summed E-state index contributed by atoms with van der Waals surface area (Å²) >= 11 is 3.04. The van der Waals surface area contributed by atoms with Gasteiger partial charge in [-0.05, 0) is 46.6 Å². The van der Waals surface area contributed by atoms with Gasteiger partial charge in [-0.2, -0.15) is 0 Å². The molecule has 0 spiro atoms. The van der Waals surface area contributed by atoms with Crippen LogP contribution in [-0.2, 0) is 0 Å². The van der Waals surface area contributed by atoms with E-state index in [1.54, 1.807) is 18.3 Å². The highest BCUT2D eigenvalue weighted by Gasteiger charge is 2.22. The molecule has 0 saturated carbocycles. The van der Waals surface area contributed by atoms with Gasteiger partial charge in [0.25, 0.3) is 0 Å². The van der Waals surface area contributed by atoms with Crippen molar-refractivity contribution in [1.29, 1.82) is 0 Å². The Morgan fingerprint density at radius 1 is 1.26 bits per heavy atom. The van der Waals surface area contributed by atoms with Crippen LogP contribution in [0.25, 0.3) is 0 Å². The monoisotopic (exact) mass is 327 g/mol. The average molecular weight is 328 g/mol. The summed E-state index contributed by atoms with van der Waals surface area (Å²) in [4.78, 5) is 4.10. The molecule has 2 rings (SSSR count). The molecule has 1 unspecified atom stereocenters. The summed E-state index contributed by atoms with van der Waals surface area (Å²) in [6.45, 7) is 1.83. The molecule has 3 N–H and O–H groups in total. The van der Waals surface area contributed by atoms with Crippen molar-refractivity contribution < 1.29 is 8.78 Å². The van der Waals surface area contributed by atoms with Crippen LogP contribution < -0.4 is 11.3 Å². The van der Waals surface area contributed by atoms with Crippen LogP contribution in [0.1, 0.15) is 22.9 Å². The van der Waals surface area contributed by atoms with Gasteiger partial charge in [-0.3, -0.25) is 10.8 Å². The number of nitrogens with one attached hydrogen (secondary N) is 1. The Morgan fingerprint density at radius 2 is 2.00 bits per heavy atom. The van der Waals surface area contributed by atoms with Crippen molar-refractivity contribution in [3.05, 3.63) is 63.4 Å². The van der Waals surface area contributed by atoms with E-state index >= 15 is 0 Å². The molecule has 0 amide bonds. The van der Waals surface area contributed by atoms with Gasteiger partial charge in [0.05, 0.1) is 10.5 Å². The van der Waals surface area contributed by atoms with Crippen molar-refractivity contribution in [2.45, 2.75) is 13.0 Å². The number of halogens is 3. The van der Waals surface area contributed by atoms with Gasteiger partial charge in [-0.25, -0.2) is 14.2 Å². The fourth-order valence-electron chi connectivity index (χ4n) is 1.80. The van der Waals surface area contributed by atoms with Gasteiger partial charge in [0.15, 0.2) is 0 Å². The quantitative estimate of drug-likeness (QED) is 0.517. The molecular weight excluding hydrogens is 316 g/mol. The zero-order valence-corrected chi connectivity index (χ0v) is 11.7. The lowest BCUT2D eigenvalue weighted by atomic mass is 9.99. The fourth-order valence-corrected chi connectivity index (χ4v) is 2.15. The van der Waals surface area contributed by atoms with Gasteiger partial charge < -0.3 is 0 Å². The topological polar surface area (TPSA) is 50.9 Å². The number of nitrogens with zero attached hydrogens (tertiary/aromatic N) is 1. The SMILES string of the molecule is Cc1ccc(C(NN)c2c(F)ccc(Br)c2F)cn1. The summed E-state index contributed by atoms with van der Waals surface area (Å²) in [5.41, 5.74) is 3.69. The van der Waals surface area contributed by atoms with Crippen molar-refractivity contribution in [2.75, 3.05) is 0 Å². The van der Waals surface area contributed by atoms with Crippen LogP contribution in [0.2, 0.25) is 0 Å². The molecule has 1 aromatic carbocycles. The van der Waals surface area contributed by atoms with Crippen molar-refractivity contribution in [3.8, 4) is 0 Å². The lowest BCUT2D eigenvalue weighted by molar-refractivity contribution is 0.507. The number of benzene rings is 1. The van der Waals surface area contributed by atoms with Gasteiger partial charge in [-0.1, -0.05) is 6.07 Å². The molecule has 1 aromatic heterocycles. The summed E-state index contributed by atoms with van der Waals surface area (Å²) in [6.07, 6.45) is 1.54. The molecule has 1 heterocycles. The fraction of sp³-hybridized carbons (Fsp3) is 0.154. The van der Waals surface area contributed by atoms with Crippen LogP contribution >= 0.6 is 15.9 Å². The minimum atomic E-state index is -0.800. The molecule has 6 heteroatoms. The third kappa shape index (κ3) is 2.80. The second kappa shape index (κ2) is 5.73. The van der Waals surface area contributed by atoms with E-state index in [9.17, 15) is 8.78 Å². The van der Waals surface area contributed by atoms with E-state index in [1.165, 1.54) is 12.1 Å². The molecule has 3 nitrogen and oxygen atoms in total. The number of pyridine rings is 1. The standard InChI is InChI=1S/C13H12BrF2N3/c1-7-2-3-8(6-18-7)13(19-17)11-10(15)5-4-9(14)12(11)16/h2-6,13,19H,17H2,1H3. The Balaban J connectivity index is 2.54. The van der Waals surface area contributed by atoms with E-state index in [1.807, 2.05) is 6.92 Å². The average Bonchev–Trinajstić information content (AvgIpc) is 2.40. The molecule has 19 heavy (non-hydrogen) atoms. The molecule has 100 valence electrons. The number of hydrazine groups is 1. The third-order valence-corrected chi connectivity index (χ3v) is 3.41. The minimum absolute atomic E-state index is 0.137. The zero-order chi connectivity index (χ0) is 14.0. The van der Waals surface area contributed by atoms with Crippen molar-refractivity contribution in [1.82, 2.24) is 10.4 Å². The van der Waals surface area contributed by atoms with Crippen LogP contribution in [0.3, 0.4) is 0 Å². The molecule has 0 aliphatic carbocycles. The first-order chi connectivity index (χ1) is 9.04. The second-order valence-electron chi connectivity index (χ2n) is 4.09. The summed E-state index contributed by atoms with van der Waals surface area (Å²) in [6, 6.07) is 5.19. The molecule has 1 atom stereocenters. The van der Waals surface area contributed by atoms with Gasteiger partial charge in [0, 0.05) is 17.5 Å². The van der Waals surface area contributed by atoms with Gasteiger partial charge >= 0.3 is 0 Å². The van der Waals surface area contributed by atoms with Crippen molar-refractivity contribution >= 4 is 15.9 Å². The van der Waals surface area contributed by atoms with Crippen LogP contribution in [0.15, 0.2) is 34.9 Å². The summed E-state index contributed by atoms with van der Waals surface area (Å²) < 4.78 is 28.1. The first kappa shape index (κ1) is 14.0. The van der Waals surface area contributed by atoms with E-state index < -0.39 is 17.7 Å². The number of aromatic nitrogens is 1. The number of hydrogen-bond acceptors (Lipinski definition) is 3. The number of aryl methyl sites for hydroxylation is 1. The Kier molecular flexibility index (Phi) is 4.24. The zero-order valence-electron chi connectivity index (χ0n) is 10.1. The van der Waals surface area contributed by atoms with E-state index in [2.05, 4.69) is 26.3 Å². The Hall–Kier alpha value is -1.37. The lowest BCUT2D eigenvalue weighted by Crippen LogP contribution is -2.30. The highest BCUT2D eigenvalue weighted by atomic mass is 79.9. The van der Waals surface area contributed by atoms with Crippen LogP contribution in [0.5, 0.6) is 0 Å². The van der Waals surface area contributed by atoms with E-state index in [4.69, 9.17) is 5.84 Å². The van der Waals surface area contributed by atoms with E-state index in [0.29, 0.717) is 5.56 Å². The normalized spacial score (nSPS) is 12.5. The number of hydrogen-bond donors (Lipinski definition) is 2. The molecule has 0 fully saturated rings. The first-order valence-electron chi connectivity index (χ1n) is 5.56. The van der Waals surface area contributed by atoms with Crippen LogP contribution in [-0.4, -0.2) is 4.98 Å². The largest absolute Gasteiger partial charge is 0.271 e. The number of nitrogens with two attached hydrogens (primary N) is 1. The molecule has 0 saturated heterocycles. The van der Waals surface area contributed by atoms with Gasteiger partial charge in [0.2, 0.25) is 0 Å². The summed E-state index contributed by atoms with van der Waals surface area (Å²) in [5.74, 6) is 4.10. The predicted octanol–water partition coefficient (Wildman–Crippen LogP) is 2.98. The maximum absolute atomic E-state index is 14.1. The number of rotatable bonds is 3. The van der Waals surface area contributed by atoms with Gasteiger partial charge in [-0.15, -0.1) is 0 Å². The molecule has 0 aliphatic heterocycles. The minimum Gasteiger partial charge on any atom is -0.271 e. The van der Waals surface area contributed by atoms with E-state index in [0.717, 1.165) is 5.69 Å². The highest BCUT2D eigenvalue weighted by molar-refractivity contribution is 9.10. The summed E-state index contributed by atoms with van der Waals surface area (Å²) in [5, 5.41) is 0. The smallest absolute Gasteiger partial charge is 0.145 e. The molecule has 2 aromatic rings. The van der Waals surface area contributed by atoms with Gasteiger partial charge in [0.1, 0.15) is 11.6 Å². The van der Waals surface area contributed by atoms with Crippen molar-refractivity contribution in [3.63, 3.8) is 0 Å². The third-order valence-electron chi connectivity index (χ3n) is 2.80. The highest BCUT2D eigenvalue weighted by Crippen LogP contribution is 2.30. The second-order valence-corrected chi connectivity index (χ2v) is 4.94. The maximum atomic E-state index is 14.1. The maximum Gasteiger partial charge on any atom is 0.145 e. The Bertz CT molecular complexity index is 587. The Labute approximate surface area is 117 Å². The summed E-state index contributed by atoms with van der Waals surface area (Å²) in [7, 11) is 0. The molecule has 0 bridgehead atoms. The van der Waals surface area contributed by atoms with Crippen LogP contribution in [0, 0.1) is 18.6 Å². The predicted molar refractivity (Wildman–Crippen MR) is 72.2 cm³/mol. The molecule has 0 radical (unpaired) electrons. The molecular formula is C13H12BrF2N3. The molecule has 0 aliphatic rings. The first-order valence-corrected chi connectivity index (χ1v) is 6.36.